The van der Waals surface area contributed by atoms with Crippen LogP contribution in [0.2, 0.25) is 5.02 Å². The molecule has 3 rings (SSSR count). The Bertz CT molecular complexity index is 1030. The molecule has 0 amide bonds. The van der Waals surface area contributed by atoms with Crippen molar-refractivity contribution >= 4 is 38.5 Å². The normalized spacial score (nSPS) is 11.6. The minimum Gasteiger partial charge on any atom is -0.388 e. The molecule has 3 aromatic rings. The molecule has 6 nitrogen and oxygen atoms in total. The quantitative estimate of drug-likeness (QED) is 0.725. The molecule has 0 radical (unpaired) electrons. The average Bonchev–Trinajstić information content (AvgIpc) is 2.54. The molecule has 0 bridgehead atoms. The number of rotatable bonds is 3. The maximum atomic E-state index is 12.6. The van der Waals surface area contributed by atoms with Gasteiger partial charge in [-0.05, 0) is 36.4 Å². The molecule has 0 atom stereocenters. The summed E-state index contributed by atoms with van der Waals surface area (Å²) in [5.41, 5.74) is -0.291. The Morgan fingerprint density at radius 1 is 1.09 bits per heavy atom. The van der Waals surface area contributed by atoms with Crippen LogP contribution in [-0.4, -0.2) is 20.4 Å². The summed E-state index contributed by atoms with van der Waals surface area (Å²) in [6.07, 6.45) is 0. The number of hydrogen-bond acceptors (Lipinski definition) is 5. The molecule has 0 aliphatic rings. The Hall–Kier alpha value is -2.38. The topological polar surface area (TPSA) is 80.5 Å². The number of fused-ring (bicyclic) bond motifs is 1. The van der Waals surface area contributed by atoms with Crippen LogP contribution in [0.25, 0.3) is 10.9 Å². The zero-order chi connectivity index (χ0) is 16.6. The van der Waals surface area contributed by atoms with E-state index in [1.165, 1.54) is 31.3 Å². The van der Waals surface area contributed by atoms with E-state index in [9.17, 15) is 13.2 Å². The van der Waals surface area contributed by atoms with Crippen LogP contribution in [0.5, 0.6) is 0 Å². The minimum atomic E-state index is -3.91. The summed E-state index contributed by atoms with van der Waals surface area (Å²) in [7, 11) is -2.65. The van der Waals surface area contributed by atoms with Gasteiger partial charge in [0.05, 0.1) is 15.8 Å². The maximum Gasteiger partial charge on any atom is 0.348 e. The molecular weight excluding hydrogens is 340 g/mol. The maximum absolute atomic E-state index is 12.6. The number of para-hydroxylation sites is 1. The lowest BCUT2D eigenvalue weighted by atomic mass is 10.2. The minimum absolute atomic E-state index is 0.0157. The van der Waals surface area contributed by atoms with Crippen molar-refractivity contribution in [1.82, 2.24) is 4.98 Å². The first-order valence-electron chi connectivity index (χ1n) is 6.54. The summed E-state index contributed by atoms with van der Waals surface area (Å²) < 4.78 is 31.0. The van der Waals surface area contributed by atoms with Gasteiger partial charge in [0, 0.05) is 12.1 Å². The number of hydrogen-bond donors (Lipinski definition) is 0. The van der Waals surface area contributed by atoms with E-state index in [0.29, 0.717) is 10.5 Å². The highest BCUT2D eigenvalue weighted by Crippen LogP contribution is 2.22. The molecule has 23 heavy (non-hydrogen) atoms. The van der Waals surface area contributed by atoms with Crippen LogP contribution in [0.1, 0.15) is 0 Å². The van der Waals surface area contributed by atoms with Gasteiger partial charge in [-0.3, -0.25) is 0 Å². The van der Waals surface area contributed by atoms with Crippen LogP contribution < -0.4 is 9.93 Å². The van der Waals surface area contributed by atoms with E-state index in [4.69, 9.17) is 16.0 Å². The number of benzene rings is 2. The first-order valence-corrected chi connectivity index (χ1v) is 8.36. The highest BCUT2D eigenvalue weighted by Gasteiger charge is 2.25. The molecule has 0 aliphatic heterocycles. The van der Waals surface area contributed by atoms with E-state index < -0.39 is 15.6 Å². The van der Waals surface area contributed by atoms with Crippen LogP contribution in [0.3, 0.4) is 0 Å². The summed E-state index contributed by atoms with van der Waals surface area (Å²) >= 11 is 5.76. The lowest BCUT2D eigenvalue weighted by molar-refractivity contribution is 0.505. The molecule has 0 fully saturated rings. The van der Waals surface area contributed by atoms with E-state index in [1.807, 2.05) is 0 Å². The second-order valence-electron chi connectivity index (χ2n) is 4.73. The Kier molecular flexibility index (Phi) is 3.83. The molecular formula is C15H11ClN2O4S. The first kappa shape index (κ1) is 15.5. The Labute approximate surface area is 137 Å². The fourth-order valence-corrected chi connectivity index (χ4v) is 3.22. The molecule has 0 spiro atoms. The van der Waals surface area contributed by atoms with Crippen LogP contribution in [0.4, 0.5) is 6.01 Å². The van der Waals surface area contributed by atoms with Crippen LogP contribution in [-0.2, 0) is 10.0 Å². The van der Waals surface area contributed by atoms with Crippen molar-refractivity contribution in [2.24, 2.45) is 0 Å². The number of nitrogens with zero attached hydrogens (tertiary/aromatic N) is 2. The molecule has 1 heterocycles. The predicted octanol–water partition coefficient (Wildman–Crippen LogP) is 2.67. The largest absolute Gasteiger partial charge is 0.388 e. The monoisotopic (exact) mass is 350 g/mol. The summed E-state index contributed by atoms with van der Waals surface area (Å²) in [5, 5.41) is 0.704. The molecule has 8 heteroatoms. The van der Waals surface area contributed by atoms with E-state index >= 15 is 0 Å². The number of aromatic nitrogens is 1. The van der Waals surface area contributed by atoms with Gasteiger partial charge >= 0.3 is 11.6 Å². The fourth-order valence-electron chi connectivity index (χ4n) is 2.01. The summed E-state index contributed by atoms with van der Waals surface area (Å²) in [4.78, 5) is 16.1. The van der Waals surface area contributed by atoms with Gasteiger partial charge in [-0.15, -0.1) is 0 Å². The lowest BCUT2D eigenvalue weighted by Crippen LogP contribution is -2.28. The van der Waals surface area contributed by atoms with Gasteiger partial charge in [-0.2, -0.15) is 4.98 Å². The molecule has 0 N–H and O–H groups in total. The van der Waals surface area contributed by atoms with Gasteiger partial charge in [0.25, 0.3) is 10.0 Å². The molecule has 0 saturated carbocycles. The van der Waals surface area contributed by atoms with E-state index in [1.54, 1.807) is 24.3 Å². The van der Waals surface area contributed by atoms with Crippen molar-refractivity contribution in [3.63, 3.8) is 0 Å². The average molecular weight is 351 g/mol. The van der Waals surface area contributed by atoms with Gasteiger partial charge < -0.3 is 4.42 Å². The Balaban J connectivity index is 2.11. The van der Waals surface area contributed by atoms with Crippen molar-refractivity contribution < 1.29 is 12.8 Å². The Morgan fingerprint density at radius 3 is 2.43 bits per heavy atom. The molecule has 1 aromatic heterocycles. The van der Waals surface area contributed by atoms with Gasteiger partial charge in [0.2, 0.25) is 0 Å². The third kappa shape index (κ3) is 2.80. The first-order chi connectivity index (χ1) is 10.9. The zero-order valence-corrected chi connectivity index (χ0v) is 13.5. The molecule has 0 unspecified atom stereocenters. The summed E-state index contributed by atoms with van der Waals surface area (Å²) in [6.45, 7) is 0. The van der Waals surface area contributed by atoms with Gasteiger partial charge in [0.15, 0.2) is 0 Å². The van der Waals surface area contributed by atoms with Crippen LogP contribution >= 0.6 is 11.6 Å². The smallest absolute Gasteiger partial charge is 0.348 e. The SMILES string of the molecule is CN(c1nc2ccccc2c(=O)o1)S(=O)(=O)c1ccc(Cl)cc1. The summed E-state index contributed by atoms with van der Waals surface area (Å²) in [6, 6.07) is 11.9. The van der Waals surface area contributed by atoms with Crippen molar-refractivity contribution in [2.75, 3.05) is 11.4 Å². The van der Waals surface area contributed by atoms with E-state index in [-0.39, 0.29) is 16.3 Å². The van der Waals surface area contributed by atoms with E-state index in [2.05, 4.69) is 4.98 Å². The summed E-state index contributed by atoms with van der Waals surface area (Å²) in [5.74, 6) is 0. The Morgan fingerprint density at radius 2 is 1.74 bits per heavy atom. The second-order valence-corrected chi connectivity index (χ2v) is 7.13. The van der Waals surface area contributed by atoms with E-state index in [0.717, 1.165) is 4.31 Å². The lowest BCUT2D eigenvalue weighted by Gasteiger charge is -2.16. The van der Waals surface area contributed by atoms with Crippen molar-refractivity contribution in [2.45, 2.75) is 4.90 Å². The second kappa shape index (κ2) is 5.68. The molecule has 118 valence electrons. The third-order valence-corrected chi connectivity index (χ3v) is 5.26. The zero-order valence-electron chi connectivity index (χ0n) is 11.9. The number of sulfonamides is 1. The van der Waals surface area contributed by atoms with Gasteiger partial charge in [-0.1, -0.05) is 23.7 Å². The fraction of sp³-hybridized carbons (Fsp3) is 0.0667. The number of anilines is 1. The van der Waals surface area contributed by atoms with Crippen molar-refractivity contribution in [3.05, 3.63) is 64.0 Å². The molecule has 0 saturated heterocycles. The third-order valence-electron chi connectivity index (χ3n) is 3.27. The van der Waals surface area contributed by atoms with Crippen molar-refractivity contribution in [3.8, 4) is 0 Å². The van der Waals surface area contributed by atoms with Gasteiger partial charge in [-0.25, -0.2) is 17.5 Å². The predicted molar refractivity (Wildman–Crippen MR) is 87.3 cm³/mol. The molecule has 2 aromatic carbocycles. The molecule has 0 aliphatic carbocycles. The standard InChI is InChI=1S/C15H11ClN2O4S/c1-18(23(20,21)11-8-6-10(16)7-9-11)15-17-13-5-3-2-4-12(13)14(19)22-15/h2-9H,1H3. The number of halogens is 1. The van der Waals surface area contributed by atoms with Crippen molar-refractivity contribution in [1.29, 1.82) is 0 Å². The van der Waals surface area contributed by atoms with Gasteiger partial charge in [0.1, 0.15) is 0 Å². The highest BCUT2D eigenvalue weighted by molar-refractivity contribution is 7.92. The highest BCUT2D eigenvalue weighted by atomic mass is 35.5. The van der Waals surface area contributed by atoms with Crippen LogP contribution in [0, 0.1) is 0 Å². The van der Waals surface area contributed by atoms with Crippen LogP contribution in [0.15, 0.2) is 62.6 Å².